The first kappa shape index (κ1) is 32.1. The molecule has 0 radical (unpaired) electrons. The number of carbonyl (C=O) groups excluding carboxylic acids is 3. The van der Waals surface area contributed by atoms with Crippen LogP contribution in [0.1, 0.15) is 30.5 Å². The zero-order valence-electron chi connectivity index (χ0n) is 25.0. The second-order valence-electron chi connectivity index (χ2n) is 9.97. The average Bonchev–Trinajstić information content (AvgIpc) is 3.04. The lowest BCUT2D eigenvalue weighted by Gasteiger charge is -2.26. The molecule has 0 saturated carbocycles. The van der Waals surface area contributed by atoms with Crippen molar-refractivity contribution in [2.24, 2.45) is 0 Å². The number of ether oxygens (including phenoxy) is 4. The summed E-state index contributed by atoms with van der Waals surface area (Å²) in [7, 11) is 0. The van der Waals surface area contributed by atoms with Crippen molar-refractivity contribution in [3.63, 3.8) is 0 Å². The maximum atomic E-state index is 13.4. The highest BCUT2D eigenvalue weighted by Crippen LogP contribution is 2.39. The predicted molar refractivity (Wildman–Crippen MR) is 171 cm³/mol. The largest absolute Gasteiger partial charge is 0.490 e. The molecule has 0 bridgehead atoms. The van der Waals surface area contributed by atoms with Crippen molar-refractivity contribution in [2.75, 3.05) is 18.1 Å². The number of urea groups is 1. The van der Waals surface area contributed by atoms with Gasteiger partial charge in [-0.3, -0.25) is 14.9 Å². The first-order chi connectivity index (χ1) is 22.3. The molecule has 1 aliphatic heterocycles. The Kier molecular flexibility index (Phi) is 10.2. The van der Waals surface area contributed by atoms with Crippen molar-refractivity contribution in [1.82, 2.24) is 5.32 Å². The summed E-state index contributed by atoms with van der Waals surface area (Å²) < 4.78 is 37.1. The van der Waals surface area contributed by atoms with Crippen molar-refractivity contribution in [3.05, 3.63) is 118 Å². The van der Waals surface area contributed by atoms with Crippen LogP contribution < -0.4 is 29.2 Å². The molecule has 1 N–H and O–H groups in total. The molecule has 11 heteroatoms. The second-order valence-corrected chi connectivity index (χ2v) is 10.4. The minimum atomic E-state index is -0.946. The van der Waals surface area contributed by atoms with E-state index in [0.29, 0.717) is 30.3 Å². The van der Waals surface area contributed by atoms with E-state index in [2.05, 4.69) is 5.32 Å². The van der Waals surface area contributed by atoms with E-state index in [-0.39, 0.29) is 41.0 Å². The van der Waals surface area contributed by atoms with Crippen molar-refractivity contribution >= 4 is 41.2 Å². The summed E-state index contributed by atoms with van der Waals surface area (Å²) >= 11 is 6.63. The third kappa shape index (κ3) is 7.47. The van der Waals surface area contributed by atoms with Gasteiger partial charge in [-0.1, -0.05) is 48.0 Å². The van der Waals surface area contributed by atoms with Gasteiger partial charge in [-0.2, -0.15) is 0 Å². The molecule has 4 aromatic rings. The Morgan fingerprint density at radius 2 is 1.46 bits per heavy atom. The third-order valence-electron chi connectivity index (χ3n) is 6.76. The highest BCUT2D eigenvalue weighted by Gasteiger charge is 2.37. The molecule has 9 nitrogen and oxygen atoms in total. The molecule has 4 aromatic carbocycles. The van der Waals surface area contributed by atoms with Crippen molar-refractivity contribution in [2.45, 2.75) is 27.1 Å². The van der Waals surface area contributed by atoms with Gasteiger partial charge in [0, 0.05) is 0 Å². The Morgan fingerprint density at radius 3 is 2.17 bits per heavy atom. The first-order valence-corrected chi connectivity index (χ1v) is 14.8. The number of rotatable bonds is 12. The van der Waals surface area contributed by atoms with E-state index < -0.39 is 23.7 Å². The van der Waals surface area contributed by atoms with Crippen LogP contribution in [0.5, 0.6) is 23.0 Å². The number of nitrogens with one attached hydrogen (secondary N) is 1. The Balaban J connectivity index is 1.36. The molecule has 4 amide bonds. The van der Waals surface area contributed by atoms with E-state index in [4.69, 9.17) is 30.5 Å². The second kappa shape index (κ2) is 14.6. The molecular formula is C35H30ClFN2O7. The molecule has 236 valence electrons. The number of barbiturate groups is 1. The van der Waals surface area contributed by atoms with Crippen LogP contribution in [0.25, 0.3) is 6.08 Å². The molecule has 0 atom stereocenters. The highest BCUT2D eigenvalue weighted by atomic mass is 35.5. The first-order valence-electron chi connectivity index (χ1n) is 14.5. The van der Waals surface area contributed by atoms with E-state index in [0.717, 1.165) is 28.2 Å². The number of benzene rings is 4. The fourth-order valence-electron chi connectivity index (χ4n) is 4.64. The van der Waals surface area contributed by atoms with Gasteiger partial charge in [-0.05, 0) is 85.1 Å². The van der Waals surface area contributed by atoms with Crippen LogP contribution in [-0.4, -0.2) is 31.1 Å². The van der Waals surface area contributed by atoms with Gasteiger partial charge in [0.1, 0.15) is 24.6 Å². The third-order valence-corrected chi connectivity index (χ3v) is 7.04. The Morgan fingerprint density at radius 1 is 0.761 bits per heavy atom. The van der Waals surface area contributed by atoms with Gasteiger partial charge >= 0.3 is 6.03 Å². The zero-order chi connectivity index (χ0) is 32.6. The number of halogens is 2. The summed E-state index contributed by atoms with van der Waals surface area (Å²) in [5.41, 5.74) is 1.94. The Bertz CT molecular complexity index is 1780. The quantitative estimate of drug-likeness (QED) is 0.130. The lowest BCUT2D eigenvalue weighted by Crippen LogP contribution is -2.54. The summed E-state index contributed by atoms with van der Waals surface area (Å²) in [5, 5.41) is 2.31. The van der Waals surface area contributed by atoms with Gasteiger partial charge in [0.2, 0.25) is 0 Å². The molecule has 5 rings (SSSR count). The number of imide groups is 2. The lowest BCUT2D eigenvalue weighted by molar-refractivity contribution is -0.122. The fourth-order valence-corrected chi connectivity index (χ4v) is 4.92. The highest BCUT2D eigenvalue weighted by molar-refractivity contribution is 6.39. The summed E-state index contributed by atoms with van der Waals surface area (Å²) in [6, 6.07) is 22.2. The number of nitrogens with zero attached hydrogens (tertiary/aromatic N) is 1. The van der Waals surface area contributed by atoms with Crippen LogP contribution in [0, 0.1) is 5.82 Å². The van der Waals surface area contributed by atoms with Crippen LogP contribution in [0.4, 0.5) is 14.9 Å². The number of hydrogen-bond donors (Lipinski definition) is 1. The molecule has 1 aliphatic rings. The Labute approximate surface area is 270 Å². The smallest absolute Gasteiger partial charge is 0.335 e. The van der Waals surface area contributed by atoms with Crippen molar-refractivity contribution in [3.8, 4) is 23.0 Å². The van der Waals surface area contributed by atoms with E-state index in [1.54, 1.807) is 13.0 Å². The molecule has 0 spiro atoms. The lowest BCUT2D eigenvalue weighted by atomic mass is 10.1. The van der Waals surface area contributed by atoms with Gasteiger partial charge in [0.25, 0.3) is 11.8 Å². The van der Waals surface area contributed by atoms with E-state index >= 15 is 0 Å². The average molecular weight is 645 g/mol. The van der Waals surface area contributed by atoms with Crippen molar-refractivity contribution < 1.29 is 37.7 Å². The van der Waals surface area contributed by atoms with Crippen LogP contribution in [0.2, 0.25) is 5.02 Å². The molecule has 46 heavy (non-hydrogen) atoms. The van der Waals surface area contributed by atoms with Gasteiger partial charge in [-0.25, -0.2) is 14.1 Å². The number of carbonyl (C=O) groups is 3. The maximum absolute atomic E-state index is 13.4. The summed E-state index contributed by atoms with van der Waals surface area (Å²) in [6.07, 6.45) is 1.29. The summed E-state index contributed by atoms with van der Waals surface area (Å²) in [5.74, 6) is -0.594. The molecule has 1 heterocycles. The minimum Gasteiger partial charge on any atom is -0.490 e. The number of amides is 4. The molecule has 1 saturated heterocycles. The maximum Gasteiger partial charge on any atom is 0.335 e. The van der Waals surface area contributed by atoms with Crippen LogP contribution in [-0.2, 0) is 22.8 Å². The SMILES string of the molecule is CCOc1cc(COc2c(Cl)cc(/C=C3\C(=O)NC(=O)N(c4ccc(F)cc4)C3=O)cc2OCC)ccc1OCc1ccccc1. The van der Waals surface area contributed by atoms with Crippen LogP contribution >= 0.6 is 11.6 Å². The molecule has 0 aromatic heterocycles. The van der Waals surface area contributed by atoms with E-state index in [1.807, 2.05) is 55.5 Å². The van der Waals surface area contributed by atoms with Gasteiger partial charge in [0.15, 0.2) is 23.0 Å². The van der Waals surface area contributed by atoms with Gasteiger partial charge < -0.3 is 18.9 Å². The standard InChI is InChI=1S/C35H30ClFN2O7/c1-3-43-30-18-23(10-15-29(30)45-20-22-8-6-5-7-9-22)21-46-32-28(36)17-24(19-31(32)44-4-2)16-27-33(40)38-35(42)39(34(27)41)26-13-11-25(37)12-14-26/h5-19H,3-4,20-21H2,1-2H3,(H,38,40,42)/b27-16+. The van der Waals surface area contributed by atoms with E-state index in [1.165, 1.54) is 24.3 Å². The monoisotopic (exact) mass is 644 g/mol. The molecule has 1 fully saturated rings. The zero-order valence-corrected chi connectivity index (χ0v) is 25.8. The summed E-state index contributed by atoms with van der Waals surface area (Å²) in [4.78, 5) is 39.1. The van der Waals surface area contributed by atoms with Gasteiger partial charge in [-0.15, -0.1) is 0 Å². The fraction of sp³-hybridized carbons (Fsp3) is 0.171. The normalized spacial score (nSPS) is 13.9. The van der Waals surface area contributed by atoms with Crippen molar-refractivity contribution in [1.29, 1.82) is 0 Å². The summed E-state index contributed by atoms with van der Waals surface area (Å²) in [6.45, 7) is 4.91. The topological polar surface area (TPSA) is 103 Å². The Hall–Kier alpha value is -5.35. The van der Waals surface area contributed by atoms with Crippen LogP contribution in [0.3, 0.4) is 0 Å². The van der Waals surface area contributed by atoms with Gasteiger partial charge in [0.05, 0.1) is 23.9 Å². The number of anilines is 1. The minimum absolute atomic E-state index is 0.0994. The predicted octanol–water partition coefficient (Wildman–Crippen LogP) is 7.10. The molecule has 0 unspecified atom stereocenters. The van der Waals surface area contributed by atoms with Crippen LogP contribution in [0.15, 0.2) is 90.5 Å². The molecular weight excluding hydrogens is 615 g/mol. The number of hydrogen-bond acceptors (Lipinski definition) is 7. The van der Waals surface area contributed by atoms with E-state index in [9.17, 15) is 18.8 Å². The molecule has 0 aliphatic carbocycles.